The van der Waals surface area contributed by atoms with E-state index in [4.69, 9.17) is 4.74 Å². The number of nitrogens with one attached hydrogen (secondary N) is 1. The smallest absolute Gasteiger partial charge is 0.280 e. The van der Waals surface area contributed by atoms with Gasteiger partial charge in [-0.25, -0.2) is 0 Å². The highest BCUT2D eigenvalue weighted by molar-refractivity contribution is 7.87. The lowest BCUT2D eigenvalue weighted by Gasteiger charge is -2.35. The summed E-state index contributed by atoms with van der Waals surface area (Å²) in [5.74, 6) is 0. The number of rotatable bonds is 5. The number of thiophene rings is 1. The van der Waals surface area contributed by atoms with Crippen molar-refractivity contribution in [3.05, 3.63) is 58.3 Å². The third-order valence-electron chi connectivity index (χ3n) is 3.95. The van der Waals surface area contributed by atoms with Gasteiger partial charge in [0.25, 0.3) is 10.2 Å². The molecule has 1 saturated heterocycles. The van der Waals surface area contributed by atoms with Crippen LogP contribution in [0.3, 0.4) is 0 Å². The van der Waals surface area contributed by atoms with E-state index in [1.807, 2.05) is 61.7 Å². The molecular weight excluding hydrogens is 344 g/mol. The lowest BCUT2D eigenvalue weighted by atomic mass is 10.1. The molecule has 1 aliphatic heterocycles. The van der Waals surface area contributed by atoms with Crippen molar-refractivity contribution in [2.75, 3.05) is 13.1 Å². The van der Waals surface area contributed by atoms with Crippen molar-refractivity contribution < 1.29 is 13.2 Å². The topological polar surface area (TPSA) is 58.6 Å². The van der Waals surface area contributed by atoms with E-state index in [1.165, 1.54) is 4.31 Å². The second-order valence-corrected chi connectivity index (χ2v) is 8.74. The van der Waals surface area contributed by atoms with Gasteiger partial charge in [-0.3, -0.25) is 0 Å². The Morgan fingerprint density at radius 2 is 1.79 bits per heavy atom. The summed E-state index contributed by atoms with van der Waals surface area (Å²) < 4.78 is 35.8. The molecule has 7 heteroatoms. The van der Waals surface area contributed by atoms with Gasteiger partial charge in [-0.15, -0.1) is 11.3 Å². The maximum absolute atomic E-state index is 12.9. The van der Waals surface area contributed by atoms with Crippen LogP contribution in [0.1, 0.15) is 30.3 Å². The molecule has 5 nitrogen and oxygen atoms in total. The van der Waals surface area contributed by atoms with Crippen LogP contribution in [-0.2, 0) is 14.9 Å². The van der Waals surface area contributed by atoms with Crippen molar-refractivity contribution >= 4 is 21.5 Å². The lowest BCUT2D eigenvalue weighted by Crippen LogP contribution is -2.52. The van der Waals surface area contributed by atoms with Crippen molar-refractivity contribution in [2.45, 2.75) is 32.1 Å². The normalized spacial score (nSPS) is 23.9. The van der Waals surface area contributed by atoms with Crippen molar-refractivity contribution in [3.8, 4) is 0 Å². The first-order chi connectivity index (χ1) is 11.5. The molecule has 0 radical (unpaired) electrons. The fraction of sp³-hybridized carbons (Fsp3) is 0.412. The molecule has 0 amide bonds. The zero-order valence-corrected chi connectivity index (χ0v) is 15.4. The van der Waals surface area contributed by atoms with Crippen molar-refractivity contribution in [1.82, 2.24) is 9.03 Å². The maximum atomic E-state index is 12.9. The van der Waals surface area contributed by atoms with Crippen molar-refractivity contribution in [3.63, 3.8) is 0 Å². The highest BCUT2D eigenvalue weighted by Crippen LogP contribution is 2.27. The van der Waals surface area contributed by atoms with Gasteiger partial charge in [0.2, 0.25) is 0 Å². The highest BCUT2D eigenvalue weighted by Gasteiger charge is 2.33. The second-order valence-electron chi connectivity index (χ2n) is 6.06. The van der Waals surface area contributed by atoms with E-state index in [0.717, 1.165) is 10.4 Å². The van der Waals surface area contributed by atoms with Crippen molar-refractivity contribution in [2.24, 2.45) is 0 Å². The molecule has 1 N–H and O–H groups in total. The fourth-order valence-electron chi connectivity index (χ4n) is 2.94. The Labute approximate surface area is 147 Å². The Morgan fingerprint density at radius 1 is 1.12 bits per heavy atom. The van der Waals surface area contributed by atoms with Crippen LogP contribution in [0.25, 0.3) is 0 Å². The molecular formula is C17H22N2O3S2. The Bertz CT molecular complexity index is 737. The number of ether oxygens (including phenoxy) is 1. The van der Waals surface area contributed by atoms with Gasteiger partial charge in [0.1, 0.15) is 0 Å². The monoisotopic (exact) mass is 366 g/mol. The van der Waals surface area contributed by atoms with Crippen LogP contribution in [0.4, 0.5) is 0 Å². The van der Waals surface area contributed by atoms with Crippen LogP contribution in [0.5, 0.6) is 0 Å². The highest BCUT2D eigenvalue weighted by atomic mass is 32.2. The zero-order chi connectivity index (χ0) is 17.2. The molecule has 130 valence electrons. The molecule has 0 saturated carbocycles. The average Bonchev–Trinajstić information content (AvgIpc) is 3.07. The van der Waals surface area contributed by atoms with Crippen LogP contribution < -0.4 is 4.72 Å². The summed E-state index contributed by atoms with van der Waals surface area (Å²) in [6.07, 6.45) is -0.218. The van der Waals surface area contributed by atoms with E-state index in [-0.39, 0.29) is 18.2 Å². The first-order valence-electron chi connectivity index (χ1n) is 7.97. The SMILES string of the molecule is C[C@@H]1CN(S(=O)(=O)N[C@H](c2ccccc2)c2cccs2)C[C@H](C)O1. The number of hydrogen-bond donors (Lipinski definition) is 1. The van der Waals surface area contributed by atoms with Gasteiger partial charge in [0, 0.05) is 18.0 Å². The molecule has 3 rings (SSSR count). The maximum Gasteiger partial charge on any atom is 0.280 e. The summed E-state index contributed by atoms with van der Waals surface area (Å²) in [6, 6.07) is 13.2. The number of morpholine rings is 1. The molecule has 0 unspecified atom stereocenters. The minimum absolute atomic E-state index is 0.109. The summed E-state index contributed by atoms with van der Waals surface area (Å²) in [5.41, 5.74) is 0.929. The third kappa shape index (κ3) is 4.04. The van der Waals surface area contributed by atoms with E-state index >= 15 is 0 Å². The van der Waals surface area contributed by atoms with Gasteiger partial charge >= 0.3 is 0 Å². The standard InChI is InChI=1S/C17H22N2O3S2/c1-13-11-19(12-14(2)22-13)24(20,21)18-17(16-9-6-10-23-16)15-7-4-3-5-8-15/h3-10,13-14,17-18H,11-12H2,1-2H3/t13-,14+,17-/m1/s1. The first-order valence-corrected chi connectivity index (χ1v) is 10.3. The third-order valence-corrected chi connectivity index (χ3v) is 6.40. The minimum Gasteiger partial charge on any atom is -0.373 e. The zero-order valence-electron chi connectivity index (χ0n) is 13.8. The van der Waals surface area contributed by atoms with E-state index in [9.17, 15) is 8.42 Å². The molecule has 2 aromatic rings. The Kier molecular flexibility index (Phi) is 5.36. The summed E-state index contributed by atoms with van der Waals surface area (Å²) in [6.45, 7) is 4.52. The van der Waals surface area contributed by atoms with Crippen LogP contribution in [0, 0.1) is 0 Å². The summed E-state index contributed by atoms with van der Waals surface area (Å²) in [7, 11) is -3.61. The molecule has 0 spiro atoms. The predicted molar refractivity (Wildman–Crippen MR) is 96.2 cm³/mol. The van der Waals surface area contributed by atoms with Gasteiger partial charge in [-0.05, 0) is 30.9 Å². The first kappa shape index (κ1) is 17.6. The largest absolute Gasteiger partial charge is 0.373 e. The Morgan fingerprint density at radius 3 is 2.38 bits per heavy atom. The molecule has 2 heterocycles. The summed E-state index contributed by atoms with van der Waals surface area (Å²) in [5, 5.41) is 1.96. The molecule has 1 aromatic carbocycles. The van der Waals surface area contributed by atoms with E-state index in [1.54, 1.807) is 11.3 Å². The molecule has 1 fully saturated rings. The average molecular weight is 367 g/mol. The minimum atomic E-state index is -3.61. The van der Waals surface area contributed by atoms with Crippen LogP contribution in [0.15, 0.2) is 47.8 Å². The molecule has 0 bridgehead atoms. The molecule has 1 aliphatic rings. The van der Waals surface area contributed by atoms with Gasteiger partial charge < -0.3 is 4.74 Å². The number of nitrogens with zero attached hydrogens (tertiary/aromatic N) is 1. The van der Waals surface area contributed by atoms with Gasteiger partial charge in [0.15, 0.2) is 0 Å². The van der Waals surface area contributed by atoms with Gasteiger partial charge in [-0.2, -0.15) is 17.4 Å². The van der Waals surface area contributed by atoms with E-state index in [0.29, 0.717) is 13.1 Å². The fourth-order valence-corrected chi connectivity index (χ4v) is 5.34. The van der Waals surface area contributed by atoms with Crippen LogP contribution in [-0.4, -0.2) is 38.0 Å². The number of hydrogen-bond acceptors (Lipinski definition) is 4. The predicted octanol–water partition coefficient (Wildman–Crippen LogP) is 2.78. The lowest BCUT2D eigenvalue weighted by molar-refractivity contribution is -0.0444. The van der Waals surface area contributed by atoms with E-state index in [2.05, 4.69) is 4.72 Å². The molecule has 1 aromatic heterocycles. The quantitative estimate of drug-likeness (QED) is 0.885. The van der Waals surface area contributed by atoms with Crippen LogP contribution >= 0.6 is 11.3 Å². The Hall–Kier alpha value is -1.25. The van der Waals surface area contributed by atoms with Gasteiger partial charge in [-0.1, -0.05) is 36.4 Å². The molecule has 0 aliphatic carbocycles. The second kappa shape index (κ2) is 7.33. The summed E-state index contributed by atoms with van der Waals surface area (Å²) in [4.78, 5) is 0.971. The van der Waals surface area contributed by atoms with Crippen LogP contribution in [0.2, 0.25) is 0 Å². The van der Waals surface area contributed by atoms with Crippen molar-refractivity contribution in [1.29, 1.82) is 0 Å². The summed E-state index contributed by atoms with van der Waals surface area (Å²) >= 11 is 1.54. The Balaban J connectivity index is 1.87. The number of benzene rings is 1. The van der Waals surface area contributed by atoms with E-state index < -0.39 is 10.2 Å². The molecule has 24 heavy (non-hydrogen) atoms. The van der Waals surface area contributed by atoms with Gasteiger partial charge in [0.05, 0.1) is 18.2 Å². The molecule has 3 atom stereocenters.